The van der Waals surface area contributed by atoms with E-state index in [0.717, 1.165) is 17.9 Å². The highest BCUT2D eigenvalue weighted by Gasteiger charge is 2.03. The fourth-order valence-corrected chi connectivity index (χ4v) is 1.69. The van der Waals surface area contributed by atoms with Crippen molar-refractivity contribution in [3.8, 4) is 11.8 Å². The Morgan fingerprint density at radius 2 is 2.06 bits per heavy atom. The highest BCUT2D eigenvalue weighted by atomic mass is 16.5. The zero-order chi connectivity index (χ0) is 12.7. The molecule has 0 atom stereocenters. The lowest BCUT2D eigenvalue weighted by molar-refractivity contribution is 0.300. The smallest absolute Gasteiger partial charge is 0.137 e. The van der Waals surface area contributed by atoms with Crippen molar-refractivity contribution in [2.75, 3.05) is 6.61 Å². The second kappa shape index (κ2) is 6.96. The van der Waals surface area contributed by atoms with Gasteiger partial charge in [0.1, 0.15) is 11.8 Å². The summed E-state index contributed by atoms with van der Waals surface area (Å²) >= 11 is 0. The van der Waals surface area contributed by atoms with Crippen molar-refractivity contribution in [3.63, 3.8) is 0 Å². The third kappa shape index (κ3) is 4.91. The van der Waals surface area contributed by atoms with Gasteiger partial charge in [0.2, 0.25) is 0 Å². The largest absolute Gasteiger partial charge is 0.492 e. The standard InChI is InChI=1S/C15H21NO/c1-12(2)6-4-5-9-17-15-8-7-13(3)10-14(15)11-16/h7-8,10,12H,4-6,9H2,1-3H3. The number of hydrogen-bond acceptors (Lipinski definition) is 2. The van der Waals surface area contributed by atoms with Crippen molar-refractivity contribution in [3.05, 3.63) is 29.3 Å². The van der Waals surface area contributed by atoms with Crippen LogP contribution >= 0.6 is 0 Å². The van der Waals surface area contributed by atoms with Crippen molar-refractivity contribution in [1.29, 1.82) is 5.26 Å². The Morgan fingerprint density at radius 3 is 2.71 bits per heavy atom. The summed E-state index contributed by atoms with van der Waals surface area (Å²) in [4.78, 5) is 0. The molecule has 2 heteroatoms. The maximum atomic E-state index is 8.99. The van der Waals surface area contributed by atoms with Crippen molar-refractivity contribution in [2.24, 2.45) is 5.92 Å². The van der Waals surface area contributed by atoms with E-state index in [0.29, 0.717) is 17.9 Å². The van der Waals surface area contributed by atoms with Crippen LogP contribution in [0.3, 0.4) is 0 Å². The third-order valence-corrected chi connectivity index (χ3v) is 2.69. The Labute approximate surface area is 104 Å². The van der Waals surface area contributed by atoms with Crippen LogP contribution in [0.2, 0.25) is 0 Å². The van der Waals surface area contributed by atoms with Gasteiger partial charge in [-0.05, 0) is 43.4 Å². The minimum absolute atomic E-state index is 0.633. The number of ether oxygens (including phenoxy) is 1. The van der Waals surface area contributed by atoms with E-state index in [4.69, 9.17) is 10.00 Å². The number of rotatable bonds is 6. The van der Waals surface area contributed by atoms with Gasteiger partial charge in [0, 0.05) is 0 Å². The Bertz CT molecular complexity index is 390. The maximum Gasteiger partial charge on any atom is 0.137 e. The molecule has 17 heavy (non-hydrogen) atoms. The molecule has 1 aromatic rings. The van der Waals surface area contributed by atoms with Crippen LogP contribution in [0, 0.1) is 24.2 Å². The van der Waals surface area contributed by atoms with E-state index >= 15 is 0 Å². The van der Waals surface area contributed by atoms with Crippen LogP contribution in [-0.4, -0.2) is 6.61 Å². The molecule has 0 saturated heterocycles. The summed E-state index contributed by atoms with van der Waals surface area (Å²) in [5.74, 6) is 1.46. The van der Waals surface area contributed by atoms with Gasteiger partial charge >= 0.3 is 0 Å². The second-order valence-corrected chi connectivity index (χ2v) is 4.85. The van der Waals surface area contributed by atoms with Gasteiger partial charge < -0.3 is 4.74 Å². The molecule has 0 heterocycles. The van der Waals surface area contributed by atoms with Gasteiger partial charge in [-0.1, -0.05) is 26.3 Å². The first-order valence-corrected chi connectivity index (χ1v) is 6.27. The van der Waals surface area contributed by atoms with E-state index in [-0.39, 0.29) is 0 Å². The van der Waals surface area contributed by atoms with E-state index in [1.165, 1.54) is 12.8 Å². The van der Waals surface area contributed by atoms with Gasteiger partial charge in [0.05, 0.1) is 12.2 Å². The second-order valence-electron chi connectivity index (χ2n) is 4.85. The number of nitriles is 1. The predicted octanol–water partition coefficient (Wildman–Crippen LogP) is 4.07. The lowest BCUT2D eigenvalue weighted by atomic mass is 10.1. The summed E-state index contributed by atoms with van der Waals surface area (Å²) < 4.78 is 5.64. The van der Waals surface area contributed by atoms with Crippen LogP contribution < -0.4 is 4.74 Å². The van der Waals surface area contributed by atoms with E-state index in [1.807, 2.05) is 25.1 Å². The predicted molar refractivity (Wildman–Crippen MR) is 70.1 cm³/mol. The van der Waals surface area contributed by atoms with Gasteiger partial charge in [-0.3, -0.25) is 0 Å². The number of unbranched alkanes of at least 4 members (excludes halogenated alkanes) is 1. The average molecular weight is 231 g/mol. The number of aryl methyl sites for hydroxylation is 1. The number of nitrogens with zero attached hydrogens (tertiary/aromatic N) is 1. The van der Waals surface area contributed by atoms with Crippen LogP contribution in [0.1, 0.15) is 44.2 Å². The van der Waals surface area contributed by atoms with Crippen molar-refractivity contribution in [2.45, 2.75) is 40.0 Å². The van der Waals surface area contributed by atoms with Crippen molar-refractivity contribution >= 4 is 0 Å². The molecule has 0 spiro atoms. The number of hydrogen-bond donors (Lipinski definition) is 0. The molecule has 0 fully saturated rings. The Morgan fingerprint density at radius 1 is 1.29 bits per heavy atom. The summed E-state index contributed by atoms with van der Waals surface area (Å²) in [6.45, 7) is 7.14. The SMILES string of the molecule is Cc1ccc(OCCCCC(C)C)c(C#N)c1. The first-order valence-electron chi connectivity index (χ1n) is 6.27. The molecule has 0 N–H and O–H groups in total. The molecule has 0 saturated carbocycles. The van der Waals surface area contributed by atoms with Crippen molar-refractivity contribution in [1.82, 2.24) is 0 Å². The summed E-state index contributed by atoms with van der Waals surface area (Å²) in [7, 11) is 0. The average Bonchev–Trinajstić information content (AvgIpc) is 2.29. The van der Waals surface area contributed by atoms with Gasteiger partial charge in [0.25, 0.3) is 0 Å². The first-order chi connectivity index (χ1) is 8.13. The zero-order valence-corrected chi connectivity index (χ0v) is 11.0. The Hall–Kier alpha value is -1.49. The van der Waals surface area contributed by atoms with Gasteiger partial charge in [0.15, 0.2) is 0 Å². The first kappa shape index (κ1) is 13.6. The molecule has 1 aromatic carbocycles. The third-order valence-electron chi connectivity index (χ3n) is 2.69. The minimum Gasteiger partial charge on any atom is -0.492 e. The van der Waals surface area contributed by atoms with E-state index < -0.39 is 0 Å². The molecular formula is C15H21NO. The lowest BCUT2D eigenvalue weighted by Crippen LogP contribution is -2.00. The van der Waals surface area contributed by atoms with Crippen LogP contribution in [-0.2, 0) is 0 Å². The van der Waals surface area contributed by atoms with E-state index in [1.54, 1.807) is 0 Å². The minimum atomic E-state index is 0.633. The molecule has 92 valence electrons. The quantitative estimate of drug-likeness (QED) is 0.691. The highest BCUT2D eigenvalue weighted by Crippen LogP contribution is 2.19. The maximum absolute atomic E-state index is 8.99. The van der Waals surface area contributed by atoms with Crippen LogP contribution in [0.15, 0.2) is 18.2 Å². The molecular weight excluding hydrogens is 210 g/mol. The normalized spacial score (nSPS) is 10.3. The summed E-state index contributed by atoms with van der Waals surface area (Å²) in [5, 5.41) is 8.99. The zero-order valence-electron chi connectivity index (χ0n) is 11.0. The summed E-state index contributed by atoms with van der Waals surface area (Å²) in [5.41, 5.74) is 1.72. The topological polar surface area (TPSA) is 33.0 Å². The van der Waals surface area contributed by atoms with E-state index in [9.17, 15) is 0 Å². The molecule has 0 aliphatic rings. The summed E-state index contributed by atoms with van der Waals surface area (Å²) in [6.07, 6.45) is 3.48. The molecule has 0 radical (unpaired) electrons. The van der Waals surface area contributed by atoms with Gasteiger partial charge in [-0.15, -0.1) is 0 Å². The highest BCUT2D eigenvalue weighted by molar-refractivity contribution is 5.45. The monoisotopic (exact) mass is 231 g/mol. The molecule has 1 rings (SSSR count). The molecule has 0 aliphatic heterocycles. The molecule has 0 aliphatic carbocycles. The van der Waals surface area contributed by atoms with Gasteiger partial charge in [-0.2, -0.15) is 5.26 Å². The Balaban J connectivity index is 2.39. The fourth-order valence-electron chi connectivity index (χ4n) is 1.69. The van der Waals surface area contributed by atoms with Crippen LogP contribution in [0.5, 0.6) is 5.75 Å². The summed E-state index contributed by atoms with van der Waals surface area (Å²) in [6, 6.07) is 7.90. The van der Waals surface area contributed by atoms with Crippen LogP contribution in [0.25, 0.3) is 0 Å². The van der Waals surface area contributed by atoms with Crippen LogP contribution in [0.4, 0.5) is 0 Å². The lowest BCUT2D eigenvalue weighted by Gasteiger charge is -2.09. The molecule has 0 amide bonds. The molecule has 0 aromatic heterocycles. The van der Waals surface area contributed by atoms with Crippen molar-refractivity contribution < 1.29 is 4.74 Å². The molecule has 2 nitrogen and oxygen atoms in total. The van der Waals surface area contributed by atoms with E-state index in [2.05, 4.69) is 19.9 Å². The number of benzene rings is 1. The van der Waals surface area contributed by atoms with Gasteiger partial charge in [-0.25, -0.2) is 0 Å². The molecule has 0 unspecified atom stereocenters. The fraction of sp³-hybridized carbons (Fsp3) is 0.533. The Kier molecular flexibility index (Phi) is 5.56. The molecule has 0 bridgehead atoms.